The molecule has 0 amide bonds. The van der Waals surface area contributed by atoms with Gasteiger partial charge in [-0.1, -0.05) is 0 Å². The number of hydrogen-bond acceptors (Lipinski definition) is 6. The molecule has 2 aromatic rings. The van der Waals surface area contributed by atoms with E-state index in [0.717, 1.165) is 44.1 Å². The van der Waals surface area contributed by atoms with Gasteiger partial charge >= 0.3 is 0 Å². The Kier molecular flexibility index (Phi) is 3.63. The van der Waals surface area contributed by atoms with Crippen molar-refractivity contribution in [1.82, 2.24) is 14.9 Å². The maximum atomic E-state index is 8.97. The Bertz CT molecular complexity index is 563. The van der Waals surface area contributed by atoms with Crippen LogP contribution in [0.25, 0.3) is 10.2 Å². The number of nitrogens with zero attached hydrogens (tertiary/aromatic N) is 4. The van der Waals surface area contributed by atoms with Gasteiger partial charge in [-0.05, 0) is 17.9 Å². The predicted octanol–water partition coefficient (Wildman–Crippen LogP) is 1.11. The third kappa shape index (κ3) is 2.43. The molecule has 1 fully saturated rings. The Morgan fingerprint density at radius 3 is 2.79 bits per heavy atom. The minimum Gasteiger partial charge on any atom is -0.395 e. The highest BCUT2D eigenvalue weighted by atomic mass is 32.1. The number of fused-ring (bicyclic) bond motifs is 1. The lowest BCUT2D eigenvalue weighted by atomic mass is 10.2. The first-order valence-electron chi connectivity index (χ1n) is 6.56. The van der Waals surface area contributed by atoms with Crippen LogP contribution in [-0.2, 0) is 0 Å². The molecule has 0 saturated carbocycles. The van der Waals surface area contributed by atoms with Gasteiger partial charge in [0, 0.05) is 32.7 Å². The molecule has 0 aromatic carbocycles. The van der Waals surface area contributed by atoms with Crippen molar-refractivity contribution in [2.75, 3.05) is 44.2 Å². The van der Waals surface area contributed by atoms with Crippen LogP contribution in [0.1, 0.15) is 5.56 Å². The van der Waals surface area contributed by atoms with Crippen LogP contribution in [0.5, 0.6) is 0 Å². The molecule has 3 heterocycles. The van der Waals surface area contributed by atoms with Gasteiger partial charge in [0.2, 0.25) is 0 Å². The number of aromatic nitrogens is 2. The lowest BCUT2D eigenvalue weighted by Crippen LogP contribution is -2.47. The van der Waals surface area contributed by atoms with E-state index in [1.54, 1.807) is 17.7 Å². The summed E-state index contributed by atoms with van der Waals surface area (Å²) in [7, 11) is 0. The molecule has 1 aliphatic rings. The highest BCUT2D eigenvalue weighted by Gasteiger charge is 2.20. The minimum atomic E-state index is 0.238. The lowest BCUT2D eigenvalue weighted by Gasteiger charge is -2.35. The summed E-state index contributed by atoms with van der Waals surface area (Å²) in [5.74, 6) is 1.06. The predicted molar refractivity (Wildman–Crippen MR) is 77.9 cm³/mol. The maximum absolute atomic E-state index is 8.97. The van der Waals surface area contributed by atoms with Crippen molar-refractivity contribution >= 4 is 27.4 Å². The van der Waals surface area contributed by atoms with Crippen LogP contribution in [0, 0.1) is 6.92 Å². The second-order valence-electron chi connectivity index (χ2n) is 4.85. The van der Waals surface area contributed by atoms with Gasteiger partial charge in [0.05, 0.1) is 16.8 Å². The first-order valence-corrected chi connectivity index (χ1v) is 7.44. The molecule has 0 spiro atoms. The molecule has 0 unspecified atom stereocenters. The number of thiophene rings is 1. The molecule has 0 radical (unpaired) electrons. The first kappa shape index (κ1) is 12.8. The number of aryl methyl sites for hydroxylation is 1. The molecule has 2 aromatic heterocycles. The average molecular weight is 278 g/mol. The second-order valence-corrected chi connectivity index (χ2v) is 5.73. The Hall–Kier alpha value is -1.24. The monoisotopic (exact) mass is 278 g/mol. The molecule has 0 aliphatic carbocycles. The lowest BCUT2D eigenvalue weighted by molar-refractivity contribution is 0.188. The van der Waals surface area contributed by atoms with Crippen LogP contribution in [-0.4, -0.2) is 59.3 Å². The normalized spacial score (nSPS) is 17.3. The van der Waals surface area contributed by atoms with Gasteiger partial charge < -0.3 is 10.0 Å². The fourth-order valence-corrected chi connectivity index (χ4v) is 3.53. The van der Waals surface area contributed by atoms with Crippen molar-refractivity contribution in [3.63, 3.8) is 0 Å². The number of piperazine rings is 1. The van der Waals surface area contributed by atoms with Crippen molar-refractivity contribution in [1.29, 1.82) is 0 Å². The molecule has 1 aliphatic heterocycles. The summed E-state index contributed by atoms with van der Waals surface area (Å²) < 4.78 is 1.19. The van der Waals surface area contributed by atoms with Gasteiger partial charge in [-0.3, -0.25) is 4.90 Å². The summed E-state index contributed by atoms with van der Waals surface area (Å²) in [5, 5.41) is 11.1. The number of anilines is 1. The Labute approximate surface area is 116 Å². The van der Waals surface area contributed by atoms with Gasteiger partial charge in [0.15, 0.2) is 0 Å². The summed E-state index contributed by atoms with van der Waals surface area (Å²) >= 11 is 1.72. The quantitative estimate of drug-likeness (QED) is 0.911. The van der Waals surface area contributed by atoms with E-state index in [2.05, 4.69) is 32.1 Å². The van der Waals surface area contributed by atoms with Gasteiger partial charge in [0.25, 0.3) is 0 Å². The molecule has 5 nitrogen and oxygen atoms in total. The number of aliphatic hydroxyl groups excluding tert-OH is 1. The van der Waals surface area contributed by atoms with E-state index in [1.807, 2.05) is 0 Å². The molecular formula is C13H18N4OS. The third-order valence-corrected chi connectivity index (χ3v) is 4.68. The van der Waals surface area contributed by atoms with Crippen LogP contribution in [0.3, 0.4) is 0 Å². The Morgan fingerprint density at radius 2 is 2.05 bits per heavy atom. The topological polar surface area (TPSA) is 52.5 Å². The largest absolute Gasteiger partial charge is 0.395 e. The fraction of sp³-hybridized carbons (Fsp3) is 0.538. The molecule has 0 atom stereocenters. The maximum Gasteiger partial charge on any atom is 0.150 e. The van der Waals surface area contributed by atoms with Gasteiger partial charge in [-0.15, -0.1) is 11.3 Å². The fourth-order valence-electron chi connectivity index (χ4n) is 2.51. The molecule has 102 valence electrons. The standard InChI is InChI=1S/C13H18N4OS/c1-10-8-19-12-11(10)14-9-15-13(12)17-4-2-16(3-5-17)6-7-18/h8-9,18H,2-7H2,1H3. The Balaban J connectivity index is 1.82. The van der Waals surface area contributed by atoms with E-state index < -0.39 is 0 Å². The van der Waals surface area contributed by atoms with Crippen molar-refractivity contribution in [2.24, 2.45) is 0 Å². The summed E-state index contributed by atoms with van der Waals surface area (Å²) in [6.07, 6.45) is 1.66. The average Bonchev–Trinajstić information content (AvgIpc) is 2.82. The second kappa shape index (κ2) is 5.40. The van der Waals surface area contributed by atoms with E-state index in [4.69, 9.17) is 5.11 Å². The molecular weight excluding hydrogens is 260 g/mol. The summed E-state index contributed by atoms with van der Waals surface area (Å²) in [6.45, 7) is 6.99. The minimum absolute atomic E-state index is 0.238. The van der Waals surface area contributed by atoms with E-state index in [9.17, 15) is 0 Å². The summed E-state index contributed by atoms with van der Waals surface area (Å²) in [4.78, 5) is 13.5. The highest BCUT2D eigenvalue weighted by molar-refractivity contribution is 7.18. The Morgan fingerprint density at radius 1 is 1.26 bits per heavy atom. The third-order valence-electron chi connectivity index (χ3n) is 3.60. The van der Waals surface area contributed by atoms with Crippen LogP contribution in [0.15, 0.2) is 11.7 Å². The zero-order chi connectivity index (χ0) is 13.2. The van der Waals surface area contributed by atoms with E-state index in [1.165, 1.54) is 10.3 Å². The molecule has 0 bridgehead atoms. The van der Waals surface area contributed by atoms with Gasteiger partial charge in [-0.2, -0.15) is 0 Å². The number of hydrogen-bond donors (Lipinski definition) is 1. The van der Waals surface area contributed by atoms with Gasteiger partial charge in [0.1, 0.15) is 12.1 Å². The molecule has 19 heavy (non-hydrogen) atoms. The first-order chi connectivity index (χ1) is 9.29. The van der Waals surface area contributed by atoms with E-state index in [0.29, 0.717) is 0 Å². The molecule has 6 heteroatoms. The molecule has 3 rings (SSSR count). The van der Waals surface area contributed by atoms with Crippen LogP contribution >= 0.6 is 11.3 Å². The van der Waals surface area contributed by atoms with Crippen molar-refractivity contribution in [3.05, 3.63) is 17.3 Å². The van der Waals surface area contributed by atoms with Crippen LogP contribution < -0.4 is 4.90 Å². The van der Waals surface area contributed by atoms with Gasteiger partial charge in [-0.25, -0.2) is 9.97 Å². The summed E-state index contributed by atoms with van der Waals surface area (Å²) in [6, 6.07) is 0. The van der Waals surface area contributed by atoms with Crippen molar-refractivity contribution in [3.8, 4) is 0 Å². The molecule has 1 N–H and O–H groups in total. The van der Waals surface area contributed by atoms with Crippen LogP contribution in [0.2, 0.25) is 0 Å². The number of rotatable bonds is 3. The SMILES string of the molecule is Cc1csc2c(N3CCN(CCO)CC3)ncnc12. The summed E-state index contributed by atoms with van der Waals surface area (Å²) in [5.41, 5.74) is 2.30. The number of aliphatic hydroxyl groups is 1. The smallest absolute Gasteiger partial charge is 0.150 e. The zero-order valence-corrected chi connectivity index (χ0v) is 11.9. The van der Waals surface area contributed by atoms with Crippen molar-refractivity contribution in [2.45, 2.75) is 6.92 Å². The van der Waals surface area contributed by atoms with Crippen molar-refractivity contribution < 1.29 is 5.11 Å². The van der Waals surface area contributed by atoms with E-state index >= 15 is 0 Å². The zero-order valence-electron chi connectivity index (χ0n) is 11.0. The van der Waals surface area contributed by atoms with Crippen LogP contribution in [0.4, 0.5) is 5.82 Å². The van der Waals surface area contributed by atoms with E-state index in [-0.39, 0.29) is 6.61 Å². The highest BCUT2D eigenvalue weighted by Crippen LogP contribution is 2.31. The molecule has 1 saturated heterocycles. The number of β-amino-alcohol motifs (C(OH)–C–C–N with tert-alkyl or cyclic N) is 1.